The summed E-state index contributed by atoms with van der Waals surface area (Å²) in [7, 11) is 0. The first-order valence-electron chi connectivity index (χ1n) is 10.0. The van der Waals surface area contributed by atoms with Gasteiger partial charge in [-0.3, -0.25) is 9.59 Å². The molecule has 5 rings (SSSR count). The van der Waals surface area contributed by atoms with Crippen LogP contribution in [0.1, 0.15) is 40.9 Å². The molecule has 2 amide bonds. The van der Waals surface area contributed by atoms with Gasteiger partial charge in [-0.2, -0.15) is 0 Å². The van der Waals surface area contributed by atoms with Crippen molar-refractivity contribution in [2.24, 2.45) is 0 Å². The number of hydrogen-bond acceptors (Lipinski definition) is 7. The molecule has 2 aliphatic heterocycles. The van der Waals surface area contributed by atoms with E-state index in [1.54, 1.807) is 30.3 Å². The average molecular weight is 446 g/mol. The maximum atomic E-state index is 13.0. The van der Waals surface area contributed by atoms with E-state index in [0.717, 1.165) is 0 Å². The number of hydrogen-bond donors (Lipinski definition) is 4. The van der Waals surface area contributed by atoms with Gasteiger partial charge in [-0.25, -0.2) is 4.79 Å². The Bertz CT molecular complexity index is 1380. The van der Waals surface area contributed by atoms with Gasteiger partial charge in [-0.1, -0.05) is 18.2 Å². The highest BCUT2D eigenvalue weighted by atomic mass is 16.6. The Kier molecular flexibility index (Phi) is 4.32. The molecule has 2 heterocycles. The molecule has 0 radical (unpaired) electrons. The second kappa shape index (κ2) is 6.99. The maximum Gasteiger partial charge on any atom is 0.340 e. The number of benzene rings is 3. The molecule has 9 heteroatoms. The Labute approximate surface area is 187 Å². The minimum Gasteiger partial charge on any atom is -0.508 e. The van der Waals surface area contributed by atoms with Crippen LogP contribution >= 0.6 is 0 Å². The van der Waals surface area contributed by atoms with Crippen LogP contribution in [0.5, 0.6) is 23.0 Å². The van der Waals surface area contributed by atoms with Crippen LogP contribution in [0.4, 0.5) is 11.4 Å². The number of phenolic OH excluding ortho intramolecular Hbond substituents is 2. The number of ether oxygens (including phenoxy) is 2. The first-order chi connectivity index (χ1) is 15.7. The van der Waals surface area contributed by atoms with Crippen molar-refractivity contribution < 1.29 is 34.1 Å². The third-order valence-electron chi connectivity index (χ3n) is 5.56. The standard InChI is InChI=1S/C24H18N2O7/c1-11(27)25-21-17(30)10-19-20(22(21)26-12(2)28)24(16-8-7-13(29)9-18(16)32-19)15-6-4-3-5-14(15)23(31)33-24/h3-10,29-30H,1-2H3,(H,25,27)(H,26,28). The van der Waals surface area contributed by atoms with Crippen LogP contribution in [0.3, 0.4) is 0 Å². The van der Waals surface area contributed by atoms with Crippen LogP contribution < -0.4 is 15.4 Å². The number of carbonyl (C=O) groups is 3. The van der Waals surface area contributed by atoms with Crippen LogP contribution in [0, 0.1) is 0 Å². The summed E-state index contributed by atoms with van der Waals surface area (Å²) >= 11 is 0. The van der Waals surface area contributed by atoms with Gasteiger partial charge >= 0.3 is 5.97 Å². The quantitative estimate of drug-likeness (QED) is 0.349. The molecule has 1 spiro atoms. The van der Waals surface area contributed by atoms with Crippen molar-refractivity contribution in [1.82, 2.24) is 0 Å². The Balaban J connectivity index is 1.94. The van der Waals surface area contributed by atoms with Gasteiger partial charge in [0, 0.05) is 37.1 Å². The van der Waals surface area contributed by atoms with Crippen LogP contribution in [-0.4, -0.2) is 28.0 Å². The number of rotatable bonds is 2. The highest BCUT2D eigenvalue weighted by molar-refractivity contribution is 6.04. The number of nitrogens with one attached hydrogen (secondary N) is 2. The van der Waals surface area contributed by atoms with E-state index in [9.17, 15) is 24.6 Å². The minimum absolute atomic E-state index is 0.0240. The minimum atomic E-state index is -1.58. The summed E-state index contributed by atoms with van der Waals surface area (Å²) in [5.74, 6) is -1.74. The van der Waals surface area contributed by atoms with Gasteiger partial charge in [0.05, 0.1) is 16.8 Å². The fourth-order valence-electron chi connectivity index (χ4n) is 4.42. The molecular formula is C24H18N2O7. The fraction of sp³-hybridized carbons (Fsp3) is 0.125. The molecule has 0 fully saturated rings. The van der Waals surface area contributed by atoms with Gasteiger partial charge in [-0.15, -0.1) is 0 Å². The van der Waals surface area contributed by atoms with Crippen molar-refractivity contribution in [2.45, 2.75) is 19.4 Å². The van der Waals surface area contributed by atoms with E-state index in [1.807, 2.05) is 0 Å². The molecule has 2 aliphatic rings. The zero-order valence-corrected chi connectivity index (χ0v) is 17.6. The number of aromatic hydroxyl groups is 2. The Morgan fingerprint density at radius 1 is 0.879 bits per heavy atom. The number of fused-ring (bicyclic) bond motifs is 6. The molecule has 3 aromatic rings. The monoisotopic (exact) mass is 446 g/mol. The lowest BCUT2D eigenvalue weighted by molar-refractivity contribution is -0.115. The topological polar surface area (TPSA) is 134 Å². The summed E-state index contributed by atoms with van der Waals surface area (Å²) < 4.78 is 12.0. The van der Waals surface area contributed by atoms with Crippen molar-refractivity contribution in [2.75, 3.05) is 10.6 Å². The number of anilines is 2. The molecule has 166 valence electrons. The predicted molar refractivity (Wildman–Crippen MR) is 117 cm³/mol. The Hall–Kier alpha value is -4.53. The van der Waals surface area contributed by atoms with E-state index in [0.29, 0.717) is 16.7 Å². The highest BCUT2D eigenvalue weighted by Gasteiger charge is 2.55. The summed E-state index contributed by atoms with van der Waals surface area (Å²) in [6.07, 6.45) is 0. The molecular weight excluding hydrogens is 428 g/mol. The molecule has 1 atom stereocenters. The largest absolute Gasteiger partial charge is 0.508 e. The first kappa shape index (κ1) is 20.4. The molecule has 0 aromatic heterocycles. The van der Waals surface area contributed by atoms with E-state index in [1.165, 1.54) is 32.0 Å². The van der Waals surface area contributed by atoms with Crippen molar-refractivity contribution in [1.29, 1.82) is 0 Å². The van der Waals surface area contributed by atoms with Crippen molar-refractivity contribution >= 4 is 29.2 Å². The zero-order chi connectivity index (χ0) is 23.5. The first-order valence-corrected chi connectivity index (χ1v) is 10.0. The maximum absolute atomic E-state index is 13.0. The lowest BCUT2D eigenvalue weighted by Crippen LogP contribution is -2.34. The second-order valence-electron chi connectivity index (χ2n) is 7.78. The normalized spacial score (nSPS) is 17.3. The van der Waals surface area contributed by atoms with E-state index < -0.39 is 23.4 Å². The zero-order valence-electron chi connectivity index (χ0n) is 17.6. The van der Waals surface area contributed by atoms with Gasteiger partial charge in [0.25, 0.3) is 0 Å². The van der Waals surface area contributed by atoms with E-state index in [-0.39, 0.29) is 39.9 Å². The van der Waals surface area contributed by atoms with Gasteiger partial charge in [0.1, 0.15) is 28.7 Å². The molecule has 1 unspecified atom stereocenters. The third kappa shape index (κ3) is 2.89. The average Bonchev–Trinajstić information content (AvgIpc) is 3.03. The van der Waals surface area contributed by atoms with Crippen molar-refractivity contribution in [3.63, 3.8) is 0 Å². The molecule has 33 heavy (non-hydrogen) atoms. The van der Waals surface area contributed by atoms with Crippen molar-refractivity contribution in [3.8, 4) is 23.0 Å². The summed E-state index contributed by atoms with van der Waals surface area (Å²) in [5, 5.41) is 25.9. The summed E-state index contributed by atoms with van der Waals surface area (Å²) in [4.78, 5) is 37.0. The lowest BCUT2D eigenvalue weighted by Gasteiger charge is -2.38. The number of esters is 1. The fourth-order valence-corrected chi connectivity index (χ4v) is 4.42. The van der Waals surface area contributed by atoms with Gasteiger partial charge in [0.15, 0.2) is 5.60 Å². The third-order valence-corrected chi connectivity index (χ3v) is 5.56. The number of phenols is 2. The molecule has 0 saturated carbocycles. The number of amides is 2. The Morgan fingerprint density at radius 2 is 1.58 bits per heavy atom. The van der Waals surface area contributed by atoms with Crippen molar-refractivity contribution in [3.05, 3.63) is 70.8 Å². The molecule has 4 N–H and O–H groups in total. The molecule has 9 nitrogen and oxygen atoms in total. The van der Waals surface area contributed by atoms with Crippen LogP contribution in [0.25, 0.3) is 0 Å². The smallest absolute Gasteiger partial charge is 0.340 e. The lowest BCUT2D eigenvalue weighted by atomic mass is 9.76. The Morgan fingerprint density at radius 3 is 2.30 bits per heavy atom. The van der Waals surface area contributed by atoms with Crippen LogP contribution in [-0.2, 0) is 19.9 Å². The molecule has 0 bridgehead atoms. The van der Waals surface area contributed by atoms with E-state index in [2.05, 4.69) is 10.6 Å². The van der Waals surface area contributed by atoms with Crippen LogP contribution in [0.15, 0.2) is 48.5 Å². The SMILES string of the molecule is CC(=O)Nc1c(O)cc2c(c1NC(C)=O)C1(OC(=O)c3ccccc31)c1ccc(O)cc1O2. The van der Waals surface area contributed by atoms with E-state index >= 15 is 0 Å². The van der Waals surface area contributed by atoms with E-state index in [4.69, 9.17) is 9.47 Å². The van der Waals surface area contributed by atoms with Crippen LogP contribution in [0.2, 0.25) is 0 Å². The summed E-state index contributed by atoms with van der Waals surface area (Å²) in [6.45, 7) is 2.52. The second-order valence-corrected chi connectivity index (χ2v) is 7.78. The highest BCUT2D eigenvalue weighted by Crippen LogP contribution is 2.60. The summed E-state index contributed by atoms with van der Waals surface area (Å²) in [5.41, 5.74) is -0.209. The summed E-state index contributed by atoms with van der Waals surface area (Å²) in [6, 6.07) is 12.4. The molecule has 0 saturated heterocycles. The number of carbonyl (C=O) groups excluding carboxylic acids is 3. The molecule has 0 aliphatic carbocycles. The van der Waals surface area contributed by atoms with Gasteiger partial charge in [0.2, 0.25) is 11.8 Å². The molecule has 3 aromatic carbocycles. The van der Waals surface area contributed by atoms with Gasteiger partial charge < -0.3 is 30.3 Å². The van der Waals surface area contributed by atoms with Gasteiger partial charge in [-0.05, 0) is 18.2 Å². The predicted octanol–water partition coefficient (Wildman–Crippen LogP) is 3.58.